The van der Waals surface area contributed by atoms with Crippen molar-refractivity contribution in [1.82, 2.24) is 4.98 Å². The Morgan fingerprint density at radius 2 is 1.90 bits per heavy atom. The number of ketones is 1. The van der Waals surface area contributed by atoms with E-state index in [9.17, 15) is 14.4 Å². The third-order valence-corrected chi connectivity index (χ3v) is 6.72. The Labute approximate surface area is 241 Å². The molecule has 1 aromatic carbocycles. The molecule has 1 saturated heterocycles. The van der Waals surface area contributed by atoms with Crippen LogP contribution in [0.15, 0.2) is 42.6 Å². The van der Waals surface area contributed by atoms with Crippen LogP contribution in [0, 0.1) is 17.8 Å². The van der Waals surface area contributed by atoms with Gasteiger partial charge in [-0.2, -0.15) is 0 Å². The largest absolute Gasteiger partial charge is 0.493 e. The minimum Gasteiger partial charge on any atom is -0.493 e. The number of ether oxygens (including phenoxy) is 6. The normalized spacial score (nSPS) is 21.6. The molecule has 4 atom stereocenters. The summed E-state index contributed by atoms with van der Waals surface area (Å²) < 4.78 is 34.0. The van der Waals surface area contributed by atoms with Gasteiger partial charge in [-0.05, 0) is 31.2 Å². The molecule has 1 fully saturated rings. The SMILES string of the molecule is COc1ccnc(C(=O)C[C@H]2CCOC[C@H](Cc3ccccc3)[C@@H](OCC(C)C)[C@H](C)OC2=O)c1OCOC(C)=O. The molecule has 3 rings (SSSR count). The quantitative estimate of drug-likeness (QED) is 0.206. The van der Waals surface area contributed by atoms with Crippen molar-refractivity contribution in [3.05, 3.63) is 53.9 Å². The van der Waals surface area contributed by atoms with E-state index in [4.69, 9.17) is 28.4 Å². The van der Waals surface area contributed by atoms with E-state index in [-0.39, 0.29) is 36.1 Å². The average molecular weight is 572 g/mol. The Bertz CT molecular complexity index is 1140. The second-order valence-corrected chi connectivity index (χ2v) is 10.6. The first-order valence-corrected chi connectivity index (χ1v) is 14.0. The molecule has 10 nitrogen and oxygen atoms in total. The Morgan fingerprint density at radius 3 is 2.59 bits per heavy atom. The van der Waals surface area contributed by atoms with Gasteiger partial charge in [-0.1, -0.05) is 44.2 Å². The second kappa shape index (κ2) is 16.1. The summed E-state index contributed by atoms with van der Waals surface area (Å²) in [6.45, 7) is 7.99. The molecule has 0 saturated carbocycles. The third-order valence-electron chi connectivity index (χ3n) is 6.72. The van der Waals surface area contributed by atoms with Crippen molar-refractivity contribution in [3.63, 3.8) is 0 Å². The van der Waals surface area contributed by atoms with E-state index in [1.54, 1.807) is 0 Å². The molecule has 224 valence electrons. The highest BCUT2D eigenvalue weighted by Crippen LogP contribution is 2.32. The number of aromatic nitrogens is 1. The summed E-state index contributed by atoms with van der Waals surface area (Å²) in [5, 5.41) is 0. The van der Waals surface area contributed by atoms with E-state index in [2.05, 4.69) is 31.0 Å². The number of methoxy groups -OCH3 is 1. The van der Waals surface area contributed by atoms with E-state index in [1.165, 1.54) is 26.3 Å². The summed E-state index contributed by atoms with van der Waals surface area (Å²) in [7, 11) is 1.42. The van der Waals surface area contributed by atoms with Crippen molar-refractivity contribution in [2.75, 3.05) is 33.7 Å². The fourth-order valence-electron chi connectivity index (χ4n) is 4.68. The van der Waals surface area contributed by atoms with Crippen LogP contribution in [0.2, 0.25) is 0 Å². The van der Waals surface area contributed by atoms with Crippen LogP contribution in [-0.4, -0.2) is 68.6 Å². The van der Waals surface area contributed by atoms with Crippen molar-refractivity contribution >= 4 is 17.7 Å². The number of Topliss-reactive ketones (excluding diaryl/α,β-unsaturated/α-hetero) is 1. The molecule has 0 amide bonds. The van der Waals surface area contributed by atoms with E-state index in [1.807, 2.05) is 25.1 Å². The molecule has 0 unspecified atom stereocenters. The van der Waals surface area contributed by atoms with Gasteiger partial charge in [0.25, 0.3) is 0 Å². The van der Waals surface area contributed by atoms with E-state index >= 15 is 0 Å². The molecule has 1 aromatic heterocycles. The number of nitrogens with zero attached hydrogens (tertiary/aromatic N) is 1. The van der Waals surface area contributed by atoms with Crippen LogP contribution in [0.3, 0.4) is 0 Å². The lowest BCUT2D eigenvalue weighted by molar-refractivity contribution is -0.169. The smallest absolute Gasteiger partial charge is 0.309 e. The van der Waals surface area contributed by atoms with Crippen LogP contribution < -0.4 is 9.47 Å². The van der Waals surface area contributed by atoms with Crippen LogP contribution in [0.4, 0.5) is 0 Å². The molecular weight excluding hydrogens is 530 g/mol. The van der Waals surface area contributed by atoms with Crippen molar-refractivity contribution < 1.29 is 42.8 Å². The Morgan fingerprint density at radius 1 is 1.15 bits per heavy atom. The summed E-state index contributed by atoms with van der Waals surface area (Å²) >= 11 is 0. The highest BCUT2D eigenvalue weighted by atomic mass is 16.7. The lowest BCUT2D eigenvalue weighted by atomic mass is 9.90. The molecule has 1 aliphatic heterocycles. The standard InChI is InChI=1S/C31H41NO9/c1-20(2)17-38-29-21(3)41-31(35)24(12-14-37-18-25(29)15-23-9-7-6-8-10-23)16-26(34)28-30(40-19-39-22(4)33)27(36-5)11-13-32-28/h6-11,13,20-21,24-25,29H,12,14-19H2,1-5H3/t21-,24+,25-,29-/m0/s1. The maximum atomic E-state index is 13.4. The van der Waals surface area contributed by atoms with Gasteiger partial charge < -0.3 is 28.4 Å². The summed E-state index contributed by atoms with van der Waals surface area (Å²) in [6.07, 6.45) is 1.28. The molecule has 0 spiro atoms. The third kappa shape index (κ3) is 9.82. The number of benzene rings is 1. The van der Waals surface area contributed by atoms with Crippen molar-refractivity contribution in [2.45, 2.75) is 59.2 Å². The van der Waals surface area contributed by atoms with Gasteiger partial charge in [0.2, 0.25) is 6.79 Å². The summed E-state index contributed by atoms with van der Waals surface area (Å²) in [4.78, 5) is 42.1. The number of pyridine rings is 1. The number of hydrogen-bond donors (Lipinski definition) is 0. The fraction of sp³-hybridized carbons (Fsp3) is 0.548. The molecule has 0 N–H and O–H groups in total. The van der Waals surface area contributed by atoms with Gasteiger partial charge in [0.05, 0.1) is 25.7 Å². The predicted molar refractivity (Wildman–Crippen MR) is 150 cm³/mol. The monoisotopic (exact) mass is 571 g/mol. The number of hydrogen-bond acceptors (Lipinski definition) is 10. The lowest BCUT2D eigenvalue weighted by Crippen LogP contribution is -2.43. The van der Waals surface area contributed by atoms with Crippen LogP contribution in [0.5, 0.6) is 11.5 Å². The number of cyclic esters (lactones) is 1. The molecule has 1 aliphatic rings. The first-order chi connectivity index (χ1) is 19.7. The molecule has 41 heavy (non-hydrogen) atoms. The molecule has 2 heterocycles. The number of carbonyl (C=O) groups excluding carboxylic acids is 3. The first-order valence-electron chi connectivity index (χ1n) is 14.0. The van der Waals surface area contributed by atoms with Gasteiger partial charge in [0, 0.05) is 44.7 Å². The average Bonchev–Trinajstić information content (AvgIpc) is 2.94. The van der Waals surface area contributed by atoms with Crippen molar-refractivity contribution in [2.24, 2.45) is 17.8 Å². The number of rotatable bonds is 12. The number of esters is 2. The lowest BCUT2D eigenvalue weighted by Gasteiger charge is -2.34. The zero-order valence-corrected chi connectivity index (χ0v) is 24.5. The Kier molecular flexibility index (Phi) is 12.6. The minimum atomic E-state index is -0.768. The van der Waals surface area contributed by atoms with Crippen LogP contribution in [0.25, 0.3) is 0 Å². The van der Waals surface area contributed by atoms with Gasteiger partial charge in [-0.25, -0.2) is 4.98 Å². The number of carbonyl (C=O) groups is 3. The topological polar surface area (TPSA) is 119 Å². The van der Waals surface area contributed by atoms with Gasteiger partial charge in [0.15, 0.2) is 23.0 Å². The van der Waals surface area contributed by atoms with Crippen LogP contribution >= 0.6 is 0 Å². The highest BCUT2D eigenvalue weighted by Gasteiger charge is 2.35. The van der Waals surface area contributed by atoms with Crippen LogP contribution in [0.1, 0.15) is 56.6 Å². The van der Waals surface area contributed by atoms with Crippen molar-refractivity contribution in [1.29, 1.82) is 0 Å². The van der Waals surface area contributed by atoms with E-state index < -0.39 is 42.6 Å². The highest BCUT2D eigenvalue weighted by molar-refractivity contribution is 5.99. The summed E-state index contributed by atoms with van der Waals surface area (Å²) in [5.74, 6) is -1.71. The molecule has 2 aromatic rings. The van der Waals surface area contributed by atoms with Gasteiger partial charge >= 0.3 is 11.9 Å². The molecule has 0 aliphatic carbocycles. The van der Waals surface area contributed by atoms with E-state index in [0.29, 0.717) is 32.0 Å². The predicted octanol–water partition coefficient (Wildman–Crippen LogP) is 4.43. The first kappa shape index (κ1) is 32.0. The van der Waals surface area contributed by atoms with E-state index in [0.717, 1.165) is 5.56 Å². The van der Waals surface area contributed by atoms with Gasteiger partial charge in [-0.15, -0.1) is 0 Å². The zero-order chi connectivity index (χ0) is 29.8. The second-order valence-electron chi connectivity index (χ2n) is 10.6. The fourth-order valence-corrected chi connectivity index (χ4v) is 4.68. The zero-order valence-electron chi connectivity index (χ0n) is 24.5. The van der Waals surface area contributed by atoms with Gasteiger partial charge in [0.1, 0.15) is 6.10 Å². The Balaban J connectivity index is 1.77. The summed E-state index contributed by atoms with van der Waals surface area (Å²) in [5.41, 5.74) is 1.12. The van der Waals surface area contributed by atoms with Crippen molar-refractivity contribution in [3.8, 4) is 11.5 Å². The van der Waals surface area contributed by atoms with Gasteiger partial charge in [-0.3, -0.25) is 14.4 Å². The molecule has 10 heteroatoms. The molecular formula is C31H41NO9. The maximum Gasteiger partial charge on any atom is 0.309 e. The van der Waals surface area contributed by atoms with Crippen LogP contribution in [-0.2, 0) is 35.0 Å². The Hall–Kier alpha value is -3.50. The molecule has 0 radical (unpaired) electrons. The molecule has 0 bridgehead atoms. The maximum absolute atomic E-state index is 13.4. The summed E-state index contributed by atoms with van der Waals surface area (Å²) in [6, 6.07) is 11.6. The minimum absolute atomic E-state index is 0.0311.